The normalized spacial score (nSPS) is 13.3. The molecule has 0 bridgehead atoms. The number of halogens is 1. The number of fused-ring (bicyclic) bond motifs is 1. The summed E-state index contributed by atoms with van der Waals surface area (Å²) in [7, 11) is 1.90. The van der Waals surface area contributed by atoms with Gasteiger partial charge in [0.2, 0.25) is 5.91 Å². The first kappa shape index (κ1) is 15.9. The first-order valence-corrected chi connectivity index (χ1v) is 7.51. The molecule has 0 fully saturated rings. The monoisotopic (exact) mass is 312 g/mol. The van der Waals surface area contributed by atoms with E-state index >= 15 is 0 Å². The van der Waals surface area contributed by atoms with Crippen molar-refractivity contribution in [3.63, 3.8) is 0 Å². The van der Waals surface area contributed by atoms with Crippen molar-refractivity contribution in [1.29, 1.82) is 0 Å². The van der Waals surface area contributed by atoms with E-state index in [0.717, 1.165) is 12.0 Å². The molecule has 0 spiro atoms. The van der Waals surface area contributed by atoms with Crippen LogP contribution in [0.5, 0.6) is 11.5 Å². The Morgan fingerprint density at radius 1 is 1.38 bits per heavy atom. The zero-order valence-corrected chi connectivity index (χ0v) is 13.2. The van der Waals surface area contributed by atoms with Gasteiger partial charge in [0.25, 0.3) is 0 Å². The highest BCUT2D eigenvalue weighted by Gasteiger charge is 2.17. The topological polar surface area (TPSA) is 50.8 Å². The number of nitrogens with zero attached hydrogens (tertiary/aromatic N) is 1. The highest BCUT2D eigenvalue weighted by atomic mass is 35.5. The van der Waals surface area contributed by atoms with Crippen LogP contribution in [0, 0.1) is 0 Å². The molecule has 2 rings (SSSR count). The van der Waals surface area contributed by atoms with Crippen LogP contribution < -0.4 is 14.8 Å². The summed E-state index contributed by atoms with van der Waals surface area (Å²) in [6, 6.07) is 3.77. The molecule has 0 saturated heterocycles. The lowest BCUT2D eigenvalue weighted by atomic mass is 10.2. The van der Waals surface area contributed by atoms with Gasteiger partial charge in [-0.3, -0.25) is 9.69 Å². The second-order valence-electron chi connectivity index (χ2n) is 5.12. The standard InChI is InChI=1S/C15H21ClN2O3/c1-3-4-17-14(19)10-18(2)9-11-7-12(16)15-13(8-11)20-5-6-21-15/h7-8H,3-6,9-10H2,1-2H3,(H,17,19). The highest BCUT2D eigenvalue weighted by Crippen LogP contribution is 2.38. The van der Waals surface area contributed by atoms with Crippen LogP contribution in [0.2, 0.25) is 5.02 Å². The minimum Gasteiger partial charge on any atom is -0.486 e. The molecule has 1 aliphatic rings. The van der Waals surface area contributed by atoms with Crippen molar-refractivity contribution in [2.24, 2.45) is 0 Å². The molecule has 1 aromatic carbocycles. The number of likely N-dealkylation sites (N-methyl/N-ethyl adjacent to an activating group) is 1. The van der Waals surface area contributed by atoms with Crippen molar-refractivity contribution in [1.82, 2.24) is 10.2 Å². The Hall–Kier alpha value is -1.46. The summed E-state index contributed by atoms with van der Waals surface area (Å²) in [6.45, 7) is 4.76. The Bertz CT molecular complexity index is 508. The molecule has 6 heteroatoms. The van der Waals surface area contributed by atoms with Gasteiger partial charge in [-0.15, -0.1) is 0 Å². The van der Waals surface area contributed by atoms with Gasteiger partial charge in [-0.05, 0) is 31.2 Å². The van der Waals surface area contributed by atoms with Crippen molar-refractivity contribution < 1.29 is 14.3 Å². The number of nitrogens with one attached hydrogen (secondary N) is 1. The molecule has 21 heavy (non-hydrogen) atoms. The van der Waals surface area contributed by atoms with E-state index in [1.54, 1.807) is 0 Å². The quantitative estimate of drug-likeness (QED) is 0.873. The molecule has 0 aliphatic carbocycles. The average molecular weight is 313 g/mol. The first-order chi connectivity index (χ1) is 10.1. The van der Waals surface area contributed by atoms with Crippen LogP contribution >= 0.6 is 11.6 Å². The summed E-state index contributed by atoms with van der Waals surface area (Å²) in [5.74, 6) is 1.31. The van der Waals surface area contributed by atoms with E-state index in [9.17, 15) is 4.79 Å². The Morgan fingerprint density at radius 3 is 2.90 bits per heavy atom. The number of carbonyl (C=O) groups excluding carboxylic acids is 1. The Balaban J connectivity index is 1.96. The zero-order valence-electron chi connectivity index (χ0n) is 12.4. The first-order valence-electron chi connectivity index (χ1n) is 7.13. The lowest BCUT2D eigenvalue weighted by Gasteiger charge is -2.22. The number of ether oxygens (including phenoxy) is 2. The SMILES string of the molecule is CCCNC(=O)CN(C)Cc1cc(Cl)c2c(c1)OCCO2. The van der Waals surface area contributed by atoms with E-state index in [4.69, 9.17) is 21.1 Å². The van der Waals surface area contributed by atoms with E-state index in [1.165, 1.54) is 0 Å². The minimum atomic E-state index is 0.0305. The average Bonchev–Trinajstić information content (AvgIpc) is 2.45. The molecule has 0 aromatic heterocycles. The molecule has 0 saturated carbocycles. The zero-order chi connectivity index (χ0) is 15.2. The highest BCUT2D eigenvalue weighted by molar-refractivity contribution is 6.32. The fourth-order valence-corrected chi connectivity index (χ4v) is 2.48. The number of amides is 1. The molecular formula is C15H21ClN2O3. The molecule has 1 aliphatic heterocycles. The maximum absolute atomic E-state index is 11.7. The third kappa shape index (κ3) is 4.51. The van der Waals surface area contributed by atoms with Crippen molar-refractivity contribution in [3.8, 4) is 11.5 Å². The maximum atomic E-state index is 11.7. The van der Waals surface area contributed by atoms with Gasteiger partial charge in [0.15, 0.2) is 11.5 Å². The van der Waals surface area contributed by atoms with Crippen molar-refractivity contribution in [2.75, 3.05) is 33.4 Å². The molecule has 1 amide bonds. The molecular weight excluding hydrogens is 292 g/mol. The van der Waals surface area contributed by atoms with Gasteiger partial charge in [-0.2, -0.15) is 0 Å². The second kappa shape index (κ2) is 7.52. The molecule has 0 radical (unpaired) electrons. The Kier molecular flexibility index (Phi) is 5.70. The van der Waals surface area contributed by atoms with Crippen LogP contribution in [0.25, 0.3) is 0 Å². The summed E-state index contributed by atoms with van der Waals surface area (Å²) in [5.41, 5.74) is 0.995. The van der Waals surface area contributed by atoms with Gasteiger partial charge in [-0.25, -0.2) is 0 Å². The van der Waals surface area contributed by atoms with Gasteiger partial charge < -0.3 is 14.8 Å². The predicted octanol–water partition coefficient (Wildman–Crippen LogP) is 2.07. The van der Waals surface area contributed by atoms with Crippen LogP contribution in [0.1, 0.15) is 18.9 Å². The van der Waals surface area contributed by atoms with Crippen molar-refractivity contribution >= 4 is 17.5 Å². The fourth-order valence-electron chi connectivity index (χ4n) is 2.19. The van der Waals surface area contributed by atoms with E-state index < -0.39 is 0 Å². The molecule has 1 heterocycles. The fraction of sp³-hybridized carbons (Fsp3) is 0.533. The van der Waals surface area contributed by atoms with E-state index in [-0.39, 0.29) is 5.91 Å². The largest absolute Gasteiger partial charge is 0.486 e. The summed E-state index contributed by atoms with van der Waals surface area (Å²) in [6.07, 6.45) is 0.938. The van der Waals surface area contributed by atoms with E-state index in [1.807, 2.05) is 31.0 Å². The van der Waals surface area contributed by atoms with Gasteiger partial charge >= 0.3 is 0 Å². The number of carbonyl (C=O) groups is 1. The van der Waals surface area contributed by atoms with Crippen LogP contribution in [0.15, 0.2) is 12.1 Å². The molecule has 1 aromatic rings. The number of rotatable bonds is 6. The van der Waals surface area contributed by atoms with Crippen LogP contribution in [-0.2, 0) is 11.3 Å². The van der Waals surface area contributed by atoms with Gasteiger partial charge in [0.05, 0.1) is 11.6 Å². The number of benzene rings is 1. The lowest BCUT2D eigenvalue weighted by molar-refractivity contribution is -0.122. The van der Waals surface area contributed by atoms with Crippen LogP contribution in [0.3, 0.4) is 0 Å². The molecule has 5 nitrogen and oxygen atoms in total. The van der Waals surface area contributed by atoms with Gasteiger partial charge in [0, 0.05) is 13.1 Å². The third-order valence-electron chi connectivity index (χ3n) is 3.09. The van der Waals surface area contributed by atoms with Crippen LogP contribution in [-0.4, -0.2) is 44.2 Å². The van der Waals surface area contributed by atoms with Crippen molar-refractivity contribution in [2.45, 2.75) is 19.9 Å². The summed E-state index contributed by atoms with van der Waals surface area (Å²) < 4.78 is 11.0. The molecule has 0 atom stereocenters. The van der Waals surface area contributed by atoms with E-state index in [2.05, 4.69) is 5.32 Å². The minimum absolute atomic E-state index is 0.0305. The van der Waals surface area contributed by atoms with Crippen molar-refractivity contribution in [3.05, 3.63) is 22.7 Å². The summed E-state index contributed by atoms with van der Waals surface area (Å²) in [4.78, 5) is 13.6. The second-order valence-corrected chi connectivity index (χ2v) is 5.53. The van der Waals surface area contributed by atoms with Crippen LogP contribution in [0.4, 0.5) is 0 Å². The number of hydrogen-bond acceptors (Lipinski definition) is 4. The number of hydrogen-bond donors (Lipinski definition) is 1. The summed E-state index contributed by atoms with van der Waals surface area (Å²) >= 11 is 6.20. The van der Waals surface area contributed by atoms with Gasteiger partial charge in [0.1, 0.15) is 13.2 Å². The Morgan fingerprint density at radius 2 is 2.14 bits per heavy atom. The molecule has 116 valence electrons. The predicted molar refractivity (Wildman–Crippen MR) is 82.1 cm³/mol. The van der Waals surface area contributed by atoms with E-state index in [0.29, 0.717) is 49.4 Å². The maximum Gasteiger partial charge on any atom is 0.234 e. The molecule has 0 unspecified atom stereocenters. The molecule has 1 N–H and O–H groups in total. The Labute approximate surface area is 130 Å². The third-order valence-corrected chi connectivity index (χ3v) is 3.38. The smallest absolute Gasteiger partial charge is 0.234 e. The van der Waals surface area contributed by atoms with Gasteiger partial charge in [-0.1, -0.05) is 18.5 Å². The lowest BCUT2D eigenvalue weighted by Crippen LogP contribution is -2.35. The summed E-state index contributed by atoms with van der Waals surface area (Å²) in [5, 5.41) is 3.41.